The van der Waals surface area contributed by atoms with Crippen LogP contribution in [0.3, 0.4) is 0 Å². The van der Waals surface area contributed by atoms with Crippen LogP contribution in [0.2, 0.25) is 0 Å². The third kappa shape index (κ3) is 4.72. The van der Waals surface area contributed by atoms with Gasteiger partial charge in [-0.3, -0.25) is 9.69 Å². The van der Waals surface area contributed by atoms with Crippen LogP contribution >= 0.6 is 11.3 Å². The minimum atomic E-state index is -4.56. The van der Waals surface area contributed by atoms with E-state index in [2.05, 4.69) is 4.90 Å². The standard InChI is InChI=1S/C18H20F2N2O3S2/c19-18(20)27(24,25)16-4-2-14(3-5-16)12-21-7-1-8-22(10-9-21)17(23)15-6-11-26-13-15/h2-6,11,13,18H,1,7-10,12H2. The van der Waals surface area contributed by atoms with Crippen LogP contribution in [-0.4, -0.2) is 56.1 Å². The second-order valence-electron chi connectivity index (χ2n) is 6.38. The summed E-state index contributed by atoms with van der Waals surface area (Å²) in [5.41, 5.74) is 1.56. The molecular formula is C18H20F2N2O3S2. The van der Waals surface area contributed by atoms with Crippen molar-refractivity contribution in [3.05, 3.63) is 52.2 Å². The minimum Gasteiger partial charge on any atom is -0.337 e. The Morgan fingerprint density at radius 1 is 1.07 bits per heavy atom. The van der Waals surface area contributed by atoms with Crippen molar-refractivity contribution in [1.29, 1.82) is 0 Å². The number of carbonyl (C=O) groups is 1. The second kappa shape index (κ2) is 8.45. The summed E-state index contributed by atoms with van der Waals surface area (Å²) in [4.78, 5) is 16.1. The monoisotopic (exact) mass is 414 g/mol. The van der Waals surface area contributed by atoms with Gasteiger partial charge in [-0.2, -0.15) is 20.1 Å². The van der Waals surface area contributed by atoms with Crippen molar-refractivity contribution >= 4 is 27.1 Å². The Labute approximate surface area is 161 Å². The average molecular weight is 414 g/mol. The van der Waals surface area contributed by atoms with Gasteiger partial charge in [-0.25, -0.2) is 8.42 Å². The highest BCUT2D eigenvalue weighted by atomic mass is 32.2. The first-order chi connectivity index (χ1) is 12.9. The molecule has 0 bridgehead atoms. The zero-order valence-electron chi connectivity index (χ0n) is 14.6. The highest BCUT2D eigenvalue weighted by Gasteiger charge is 2.26. The molecule has 5 nitrogen and oxygen atoms in total. The van der Waals surface area contributed by atoms with Crippen LogP contribution in [0.4, 0.5) is 8.78 Å². The molecule has 2 aromatic rings. The van der Waals surface area contributed by atoms with Gasteiger partial charge in [0.2, 0.25) is 9.84 Å². The van der Waals surface area contributed by atoms with Crippen LogP contribution in [0.25, 0.3) is 0 Å². The highest BCUT2D eigenvalue weighted by molar-refractivity contribution is 7.91. The Bertz CT molecular complexity index is 869. The lowest BCUT2D eigenvalue weighted by Crippen LogP contribution is -2.34. The maximum atomic E-state index is 12.6. The number of hydrogen-bond acceptors (Lipinski definition) is 5. The zero-order valence-corrected chi connectivity index (χ0v) is 16.2. The van der Waals surface area contributed by atoms with Gasteiger partial charge < -0.3 is 4.90 Å². The van der Waals surface area contributed by atoms with Crippen molar-refractivity contribution < 1.29 is 22.0 Å². The Balaban J connectivity index is 1.60. The van der Waals surface area contributed by atoms with Crippen molar-refractivity contribution in [2.75, 3.05) is 26.2 Å². The molecule has 1 aliphatic heterocycles. The molecule has 27 heavy (non-hydrogen) atoms. The number of sulfone groups is 1. The number of hydrogen-bond donors (Lipinski definition) is 0. The van der Waals surface area contributed by atoms with E-state index < -0.39 is 15.6 Å². The SMILES string of the molecule is O=C(c1ccsc1)N1CCCN(Cc2ccc(S(=O)(=O)C(F)F)cc2)CC1. The lowest BCUT2D eigenvalue weighted by molar-refractivity contribution is 0.0761. The molecule has 0 spiro atoms. The Morgan fingerprint density at radius 3 is 2.44 bits per heavy atom. The van der Waals surface area contributed by atoms with E-state index in [1.54, 1.807) is 12.1 Å². The van der Waals surface area contributed by atoms with Crippen LogP contribution in [0.15, 0.2) is 46.0 Å². The summed E-state index contributed by atoms with van der Waals surface area (Å²) in [5.74, 6) is -3.37. The van der Waals surface area contributed by atoms with Gasteiger partial charge in [0.05, 0.1) is 10.5 Å². The third-order valence-electron chi connectivity index (χ3n) is 4.54. The van der Waals surface area contributed by atoms with E-state index in [1.165, 1.54) is 23.5 Å². The minimum absolute atomic E-state index is 0.0414. The number of benzene rings is 1. The topological polar surface area (TPSA) is 57.7 Å². The van der Waals surface area contributed by atoms with Gasteiger partial charge in [0.25, 0.3) is 5.91 Å². The lowest BCUT2D eigenvalue weighted by atomic mass is 10.2. The molecule has 1 saturated heterocycles. The molecule has 0 saturated carbocycles. The zero-order chi connectivity index (χ0) is 19.4. The number of alkyl halides is 2. The number of amides is 1. The van der Waals surface area contributed by atoms with Crippen molar-refractivity contribution in [2.45, 2.75) is 23.6 Å². The van der Waals surface area contributed by atoms with Crippen molar-refractivity contribution in [1.82, 2.24) is 9.80 Å². The molecule has 1 aromatic heterocycles. The van der Waals surface area contributed by atoms with Gasteiger partial charge in [0.15, 0.2) is 0 Å². The number of halogens is 2. The number of carbonyl (C=O) groups excluding carboxylic acids is 1. The summed E-state index contributed by atoms with van der Waals surface area (Å²) in [6, 6.07) is 7.40. The second-order valence-corrected chi connectivity index (χ2v) is 9.08. The fourth-order valence-corrected chi connectivity index (χ4v) is 4.40. The molecule has 3 rings (SSSR count). The van der Waals surface area contributed by atoms with E-state index in [0.29, 0.717) is 31.7 Å². The Kier molecular flexibility index (Phi) is 6.23. The average Bonchev–Trinajstić information content (AvgIpc) is 3.09. The third-order valence-corrected chi connectivity index (χ3v) is 6.62. The number of rotatable bonds is 5. The maximum absolute atomic E-state index is 12.6. The Morgan fingerprint density at radius 2 is 1.81 bits per heavy atom. The largest absolute Gasteiger partial charge is 0.341 e. The normalized spacial score (nSPS) is 16.5. The molecule has 1 fully saturated rings. The van der Waals surface area contributed by atoms with E-state index in [0.717, 1.165) is 18.5 Å². The molecule has 1 aromatic carbocycles. The fraction of sp³-hybridized carbons (Fsp3) is 0.389. The predicted octanol–water partition coefficient (Wildman–Crippen LogP) is 3.09. The number of nitrogens with zero attached hydrogens (tertiary/aromatic N) is 2. The van der Waals surface area contributed by atoms with Crippen LogP contribution in [0, 0.1) is 0 Å². The Hall–Kier alpha value is -1.84. The lowest BCUT2D eigenvalue weighted by Gasteiger charge is -2.22. The first kappa shape index (κ1) is 19.9. The molecule has 0 aliphatic carbocycles. The van der Waals surface area contributed by atoms with E-state index in [4.69, 9.17) is 0 Å². The van der Waals surface area contributed by atoms with E-state index in [9.17, 15) is 22.0 Å². The molecule has 0 radical (unpaired) electrons. The van der Waals surface area contributed by atoms with Crippen LogP contribution in [0.5, 0.6) is 0 Å². The highest BCUT2D eigenvalue weighted by Crippen LogP contribution is 2.20. The molecule has 146 valence electrons. The molecular weight excluding hydrogens is 394 g/mol. The van der Waals surface area contributed by atoms with Gasteiger partial charge in [-0.15, -0.1) is 0 Å². The maximum Gasteiger partial charge on any atom is 0.341 e. The summed E-state index contributed by atoms with van der Waals surface area (Å²) < 4.78 is 48.1. The molecule has 2 heterocycles. The first-order valence-electron chi connectivity index (χ1n) is 8.53. The summed E-state index contributed by atoms with van der Waals surface area (Å²) in [5, 5.41) is 3.73. The van der Waals surface area contributed by atoms with Crippen molar-refractivity contribution in [2.24, 2.45) is 0 Å². The summed E-state index contributed by atoms with van der Waals surface area (Å²) >= 11 is 1.50. The van der Waals surface area contributed by atoms with Crippen LogP contribution in [-0.2, 0) is 16.4 Å². The molecule has 0 unspecified atom stereocenters. The predicted molar refractivity (Wildman–Crippen MR) is 99.7 cm³/mol. The molecule has 1 aliphatic rings. The summed E-state index contributed by atoms with van der Waals surface area (Å²) in [6.45, 7) is 3.40. The van der Waals surface area contributed by atoms with Crippen LogP contribution < -0.4 is 0 Å². The number of thiophene rings is 1. The van der Waals surface area contributed by atoms with Gasteiger partial charge in [0, 0.05) is 38.1 Å². The quantitative estimate of drug-likeness (QED) is 0.755. The van der Waals surface area contributed by atoms with Gasteiger partial charge in [-0.1, -0.05) is 12.1 Å². The summed E-state index contributed by atoms with van der Waals surface area (Å²) in [6.07, 6.45) is 0.841. The molecule has 0 atom stereocenters. The first-order valence-corrected chi connectivity index (χ1v) is 11.0. The van der Waals surface area contributed by atoms with Crippen molar-refractivity contribution in [3.63, 3.8) is 0 Å². The molecule has 0 N–H and O–H groups in total. The van der Waals surface area contributed by atoms with E-state index in [1.807, 2.05) is 21.7 Å². The smallest absolute Gasteiger partial charge is 0.337 e. The fourth-order valence-electron chi connectivity index (χ4n) is 3.05. The molecule has 9 heteroatoms. The van der Waals surface area contributed by atoms with Gasteiger partial charge >= 0.3 is 5.76 Å². The van der Waals surface area contributed by atoms with E-state index in [-0.39, 0.29) is 10.8 Å². The van der Waals surface area contributed by atoms with Crippen molar-refractivity contribution in [3.8, 4) is 0 Å². The van der Waals surface area contributed by atoms with Gasteiger partial charge in [-0.05, 0) is 35.6 Å². The van der Waals surface area contributed by atoms with E-state index >= 15 is 0 Å². The van der Waals surface area contributed by atoms with Gasteiger partial charge in [0.1, 0.15) is 0 Å². The molecule has 1 amide bonds. The summed E-state index contributed by atoms with van der Waals surface area (Å²) in [7, 11) is -4.56. The van der Waals surface area contributed by atoms with Crippen LogP contribution in [0.1, 0.15) is 22.3 Å².